The Morgan fingerprint density at radius 1 is 1.17 bits per heavy atom. The third-order valence-electron chi connectivity index (χ3n) is 1.74. The lowest BCUT2D eigenvalue weighted by molar-refractivity contribution is -0.870. The van der Waals surface area contributed by atoms with Gasteiger partial charge in [0.2, 0.25) is 0 Å². The summed E-state index contributed by atoms with van der Waals surface area (Å²) in [6.45, 7) is 0.963. The molecule has 74 valence electrons. The Bertz CT molecular complexity index is 138. The molecule has 0 saturated carbocycles. The first-order valence-corrected chi connectivity index (χ1v) is 4.76. The summed E-state index contributed by atoms with van der Waals surface area (Å²) in [5.74, 6) is 0. The van der Waals surface area contributed by atoms with E-state index in [0.29, 0.717) is 0 Å². The number of hydrogen-bond acceptors (Lipinski definition) is 1. The van der Waals surface area contributed by atoms with Crippen molar-refractivity contribution < 1.29 is 4.48 Å². The molecule has 12 heavy (non-hydrogen) atoms. The molecule has 0 fully saturated rings. The van der Waals surface area contributed by atoms with E-state index in [1.165, 1.54) is 0 Å². The molecule has 0 rings (SSSR count). The first-order chi connectivity index (χ1) is 5.15. The fourth-order valence-corrected chi connectivity index (χ4v) is 0.863. The molecule has 0 N–H and O–H groups in total. The number of nitrogens with zero attached hydrogens (tertiary/aromatic N) is 2. The standard InChI is InChI=1S/C8H19Cl2N2/c1-11(2)8(9,10)6-7-12(3,4)5/h6-7H2,1-5H3/q+1. The minimum absolute atomic E-state index is 0.731. The van der Waals surface area contributed by atoms with Gasteiger partial charge in [-0.2, -0.15) is 0 Å². The van der Waals surface area contributed by atoms with E-state index in [1.807, 2.05) is 19.0 Å². The SMILES string of the molecule is CN(C)C(Cl)(Cl)CC[N+](C)(C)C. The number of halogens is 2. The van der Waals surface area contributed by atoms with Crippen LogP contribution in [0.5, 0.6) is 0 Å². The van der Waals surface area contributed by atoms with Gasteiger partial charge in [-0.05, 0) is 14.1 Å². The fraction of sp³-hybridized carbons (Fsp3) is 1.00. The molecule has 0 radical (unpaired) electrons. The molecule has 0 aromatic carbocycles. The third-order valence-corrected chi connectivity index (χ3v) is 2.79. The van der Waals surface area contributed by atoms with Crippen molar-refractivity contribution in [2.45, 2.75) is 10.9 Å². The van der Waals surface area contributed by atoms with E-state index in [2.05, 4.69) is 21.1 Å². The Kier molecular flexibility index (Phi) is 4.31. The minimum Gasteiger partial charge on any atom is -0.331 e. The van der Waals surface area contributed by atoms with Crippen molar-refractivity contribution in [2.75, 3.05) is 41.8 Å². The van der Waals surface area contributed by atoms with E-state index in [9.17, 15) is 0 Å². The molecule has 0 aliphatic heterocycles. The minimum atomic E-state index is -0.731. The van der Waals surface area contributed by atoms with Gasteiger partial charge < -0.3 is 4.48 Å². The van der Waals surface area contributed by atoms with Crippen LogP contribution in [0, 0.1) is 0 Å². The summed E-state index contributed by atoms with van der Waals surface area (Å²) in [5, 5.41) is 0. The van der Waals surface area contributed by atoms with Crippen molar-refractivity contribution in [1.82, 2.24) is 4.90 Å². The number of hydrogen-bond donors (Lipinski definition) is 0. The lowest BCUT2D eigenvalue weighted by Gasteiger charge is -2.31. The first kappa shape index (κ1) is 12.5. The summed E-state index contributed by atoms with van der Waals surface area (Å²) in [7, 11) is 10.1. The van der Waals surface area contributed by atoms with Gasteiger partial charge >= 0.3 is 0 Å². The molecule has 0 aliphatic rings. The smallest absolute Gasteiger partial charge is 0.176 e. The van der Waals surface area contributed by atoms with E-state index < -0.39 is 4.46 Å². The molecular weight excluding hydrogens is 195 g/mol. The van der Waals surface area contributed by atoms with Crippen LogP contribution < -0.4 is 0 Å². The van der Waals surface area contributed by atoms with Crippen molar-refractivity contribution in [3.63, 3.8) is 0 Å². The van der Waals surface area contributed by atoms with Crippen molar-refractivity contribution >= 4 is 23.2 Å². The van der Waals surface area contributed by atoms with Crippen LogP contribution in [-0.4, -0.2) is 55.6 Å². The zero-order chi connectivity index (χ0) is 9.99. The third kappa shape index (κ3) is 5.20. The van der Waals surface area contributed by atoms with Gasteiger partial charge in [-0.25, -0.2) is 0 Å². The van der Waals surface area contributed by atoms with Crippen LogP contribution in [0.3, 0.4) is 0 Å². The highest BCUT2D eigenvalue weighted by atomic mass is 35.5. The molecule has 0 aromatic rings. The molecule has 0 amide bonds. The van der Waals surface area contributed by atoms with Gasteiger partial charge in [0, 0.05) is 6.42 Å². The van der Waals surface area contributed by atoms with Crippen molar-refractivity contribution in [3.05, 3.63) is 0 Å². The molecule has 0 spiro atoms. The maximum atomic E-state index is 6.06. The topological polar surface area (TPSA) is 3.24 Å². The number of alkyl halides is 2. The summed E-state index contributed by atoms with van der Waals surface area (Å²) >= 11 is 12.1. The molecule has 0 bridgehead atoms. The van der Waals surface area contributed by atoms with E-state index in [1.54, 1.807) is 0 Å². The predicted molar refractivity (Wildman–Crippen MR) is 55.6 cm³/mol. The van der Waals surface area contributed by atoms with Gasteiger partial charge in [-0.3, -0.25) is 4.90 Å². The summed E-state index contributed by atoms with van der Waals surface area (Å²) in [4.78, 5) is 1.83. The van der Waals surface area contributed by atoms with Crippen LogP contribution in [0.4, 0.5) is 0 Å². The van der Waals surface area contributed by atoms with Gasteiger partial charge in [0.05, 0.1) is 27.7 Å². The molecule has 0 aromatic heterocycles. The Balaban J connectivity index is 3.93. The maximum Gasteiger partial charge on any atom is 0.176 e. The van der Waals surface area contributed by atoms with Crippen LogP contribution in [0.15, 0.2) is 0 Å². The fourth-order valence-electron chi connectivity index (χ4n) is 0.694. The maximum absolute atomic E-state index is 6.06. The van der Waals surface area contributed by atoms with E-state index in [0.717, 1.165) is 17.4 Å². The summed E-state index contributed by atoms with van der Waals surface area (Å²) in [6, 6.07) is 0. The molecule has 0 unspecified atom stereocenters. The van der Waals surface area contributed by atoms with Crippen LogP contribution in [0.1, 0.15) is 6.42 Å². The van der Waals surface area contributed by atoms with Gasteiger partial charge in [0.15, 0.2) is 4.46 Å². The molecule has 4 heteroatoms. The Hall–Kier alpha value is 0.500. The average molecular weight is 214 g/mol. The van der Waals surface area contributed by atoms with Crippen LogP contribution in [-0.2, 0) is 0 Å². The highest BCUT2D eigenvalue weighted by molar-refractivity contribution is 6.47. The normalized spacial score (nSPS) is 14.0. The van der Waals surface area contributed by atoms with Crippen LogP contribution in [0.25, 0.3) is 0 Å². The van der Waals surface area contributed by atoms with Crippen molar-refractivity contribution in [3.8, 4) is 0 Å². The summed E-state index contributed by atoms with van der Waals surface area (Å²) < 4.78 is 0.153. The number of quaternary nitrogens is 1. The Labute approximate surface area is 85.6 Å². The first-order valence-electron chi connectivity index (χ1n) is 4.01. The van der Waals surface area contributed by atoms with Gasteiger partial charge in [-0.15, -0.1) is 0 Å². The molecule has 0 heterocycles. The number of rotatable bonds is 4. The monoisotopic (exact) mass is 213 g/mol. The highest BCUT2D eigenvalue weighted by Gasteiger charge is 2.28. The zero-order valence-corrected chi connectivity index (χ0v) is 10.1. The second-order valence-corrected chi connectivity index (χ2v) is 5.77. The van der Waals surface area contributed by atoms with Crippen molar-refractivity contribution in [2.24, 2.45) is 0 Å². The van der Waals surface area contributed by atoms with Crippen molar-refractivity contribution in [1.29, 1.82) is 0 Å². The molecule has 0 atom stereocenters. The second-order valence-electron chi connectivity index (χ2n) is 4.32. The molecule has 0 aliphatic carbocycles. The van der Waals surface area contributed by atoms with E-state index in [-0.39, 0.29) is 0 Å². The van der Waals surface area contributed by atoms with E-state index >= 15 is 0 Å². The summed E-state index contributed by atoms with van der Waals surface area (Å²) in [6.07, 6.45) is 0.770. The second kappa shape index (κ2) is 4.14. The molecule has 0 saturated heterocycles. The molecule has 2 nitrogen and oxygen atoms in total. The predicted octanol–water partition coefficient (Wildman–Crippen LogP) is 1.78. The lowest BCUT2D eigenvalue weighted by Crippen LogP contribution is -2.42. The van der Waals surface area contributed by atoms with Gasteiger partial charge in [0.1, 0.15) is 0 Å². The Morgan fingerprint density at radius 3 is 1.83 bits per heavy atom. The van der Waals surface area contributed by atoms with E-state index in [4.69, 9.17) is 23.2 Å². The van der Waals surface area contributed by atoms with Gasteiger partial charge in [-0.1, -0.05) is 23.2 Å². The Morgan fingerprint density at radius 2 is 1.58 bits per heavy atom. The average Bonchev–Trinajstić information content (AvgIpc) is 1.82. The lowest BCUT2D eigenvalue weighted by atomic mass is 10.3. The quantitative estimate of drug-likeness (QED) is 0.391. The summed E-state index contributed by atoms with van der Waals surface area (Å²) in [5.41, 5.74) is 0. The molecular formula is C8H19Cl2N2+. The largest absolute Gasteiger partial charge is 0.331 e. The van der Waals surface area contributed by atoms with Gasteiger partial charge in [0.25, 0.3) is 0 Å². The van der Waals surface area contributed by atoms with Crippen LogP contribution >= 0.6 is 23.2 Å². The zero-order valence-electron chi connectivity index (χ0n) is 8.56. The van der Waals surface area contributed by atoms with Crippen LogP contribution in [0.2, 0.25) is 0 Å². The highest BCUT2D eigenvalue weighted by Crippen LogP contribution is 2.27.